The second kappa shape index (κ2) is 7.91. The van der Waals surface area contributed by atoms with Gasteiger partial charge in [0, 0.05) is 25.2 Å². The number of alkyl halides is 3. The number of nitrogens with zero attached hydrogens (tertiary/aromatic N) is 1. The number of hydrogen-bond acceptors (Lipinski definition) is 4. The highest BCUT2D eigenvalue weighted by atomic mass is 19.4. The zero-order chi connectivity index (χ0) is 20.5. The first-order valence-electron chi connectivity index (χ1n) is 9.59. The van der Waals surface area contributed by atoms with Gasteiger partial charge in [-0.25, -0.2) is 0 Å². The molecular weight excluding hydrogens is 371 g/mol. The number of amides is 1. The fraction of sp³-hybridized carbons (Fsp3) is 0.650. The molecule has 2 atom stereocenters. The molecule has 8 heteroatoms. The number of halogens is 3. The second-order valence-electron chi connectivity index (χ2n) is 8.81. The Kier molecular flexibility index (Phi) is 5.91. The van der Waals surface area contributed by atoms with Crippen LogP contribution in [-0.2, 0) is 11.3 Å². The Bertz CT molecular complexity index is 691. The normalized spacial score (nSPS) is 24.7. The Labute approximate surface area is 163 Å². The molecule has 1 saturated heterocycles. The maximum atomic E-state index is 12.3. The van der Waals surface area contributed by atoms with Crippen LogP contribution in [0.2, 0.25) is 0 Å². The van der Waals surface area contributed by atoms with Crippen LogP contribution in [-0.4, -0.2) is 48.9 Å². The Morgan fingerprint density at radius 1 is 1.21 bits per heavy atom. The van der Waals surface area contributed by atoms with Gasteiger partial charge >= 0.3 is 6.36 Å². The van der Waals surface area contributed by atoms with Crippen molar-refractivity contribution in [3.05, 3.63) is 29.8 Å². The number of ether oxygens (including phenoxy) is 1. The van der Waals surface area contributed by atoms with E-state index in [9.17, 15) is 18.0 Å². The smallest absolute Gasteiger partial charge is 0.406 e. The lowest BCUT2D eigenvalue weighted by molar-refractivity contribution is -0.274. The zero-order valence-electron chi connectivity index (χ0n) is 16.5. The van der Waals surface area contributed by atoms with E-state index in [0.29, 0.717) is 30.8 Å². The first-order chi connectivity index (χ1) is 13.0. The lowest BCUT2D eigenvalue weighted by Crippen LogP contribution is -2.46. The maximum absolute atomic E-state index is 12.3. The molecule has 1 amide bonds. The summed E-state index contributed by atoms with van der Waals surface area (Å²) in [4.78, 5) is 14.2. The van der Waals surface area contributed by atoms with E-state index in [-0.39, 0.29) is 17.2 Å². The highest BCUT2D eigenvalue weighted by molar-refractivity contribution is 5.78. The number of nitrogens with one attached hydrogen (secondary N) is 2. The van der Waals surface area contributed by atoms with Gasteiger partial charge < -0.3 is 15.4 Å². The Hall–Kier alpha value is -1.80. The van der Waals surface area contributed by atoms with Gasteiger partial charge in [-0.3, -0.25) is 9.69 Å². The third kappa shape index (κ3) is 6.10. The van der Waals surface area contributed by atoms with Gasteiger partial charge in [0.25, 0.3) is 0 Å². The average molecular weight is 399 g/mol. The van der Waals surface area contributed by atoms with E-state index in [1.165, 1.54) is 12.1 Å². The van der Waals surface area contributed by atoms with Crippen LogP contribution >= 0.6 is 0 Å². The van der Waals surface area contributed by atoms with Crippen LogP contribution in [0.25, 0.3) is 0 Å². The monoisotopic (exact) mass is 399 g/mol. The second-order valence-corrected chi connectivity index (χ2v) is 8.81. The third-order valence-corrected chi connectivity index (χ3v) is 5.17. The number of rotatable bonds is 7. The molecule has 5 nitrogen and oxygen atoms in total. The summed E-state index contributed by atoms with van der Waals surface area (Å²) in [5.41, 5.74) is 0.544. The number of benzene rings is 1. The van der Waals surface area contributed by atoms with E-state index in [0.717, 1.165) is 25.2 Å². The van der Waals surface area contributed by atoms with Crippen molar-refractivity contribution < 1.29 is 22.7 Å². The minimum Gasteiger partial charge on any atom is -0.406 e. The van der Waals surface area contributed by atoms with Crippen LogP contribution in [0.15, 0.2) is 24.3 Å². The van der Waals surface area contributed by atoms with Crippen LogP contribution < -0.4 is 15.4 Å². The van der Waals surface area contributed by atoms with E-state index >= 15 is 0 Å². The summed E-state index contributed by atoms with van der Waals surface area (Å²) >= 11 is 0. The Balaban J connectivity index is 1.36. The lowest BCUT2D eigenvalue weighted by Gasteiger charge is -2.24. The topological polar surface area (TPSA) is 53.6 Å². The van der Waals surface area contributed by atoms with Crippen molar-refractivity contribution in [1.82, 2.24) is 15.5 Å². The number of piperidine rings is 1. The van der Waals surface area contributed by atoms with Crippen LogP contribution in [0.3, 0.4) is 0 Å². The van der Waals surface area contributed by atoms with E-state index in [2.05, 4.69) is 20.3 Å². The molecule has 2 aliphatic rings. The fourth-order valence-corrected chi connectivity index (χ4v) is 4.07. The minimum absolute atomic E-state index is 0.0597. The fourth-order valence-electron chi connectivity index (χ4n) is 4.07. The molecule has 0 bridgehead atoms. The van der Waals surface area contributed by atoms with E-state index in [1.54, 1.807) is 12.1 Å². The van der Waals surface area contributed by atoms with Crippen LogP contribution in [0.5, 0.6) is 5.75 Å². The maximum Gasteiger partial charge on any atom is 0.573 e. The minimum atomic E-state index is -4.67. The molecule has 2 N–H and O–H groups in total. The molecule has 156 valence electrons. The van der Waals surface area contributed by atoms with Crippen LogP contribution in [0.1, 0.15) is 26.3 Å². The van der Waals surface area contributed by atoms with Crippen LogP contribution in [0.4, 0.5) is 13.2 Å². The summed E-state index contributed by atoms with van der Waals surface area (Å²) in [5.74, 6) is 1.66. The van der Waals surface area contributed by atoms with Crippen molar-refractivity contribution in [3.63, 3.8) is 0 Å². The predicted octanol–water partition coefficient (Wildman–Crippen LogP) is 2.77. The highest BCUT2D eigenvalue weighted by Gasteiger charge is 2.55. The van der Waals surface area contributed by atoms with Crippen LogP contribution in [0, 0.1) is 17.8 Å². The highest BCUT2D eigenvalue weighted by Crippen LogP contribution is 2.51. The lowest BCUT2D eigenvalue weighted by atomic mass is 10.1. The molecule has 0 spiro atoms. The first kappa shape index (κ1) is 20.9. The zero-order valence-corrected chi connectivity index (χ0v) is 16.5. The quantitative estimate of drug-likeness (QED) is 0.740. The van der Waals surface area contributed by atoms with Gasteiger partial charge in [0.15, 0.2) is 0 Å². The van der Waals surface area contributed by atoms with Crippen molar-refractivity contribution in [1.29, 1.82) is 0 Å². The van der Waals surface area contributed by atoms with Crippen molar-refractivity contribution in [2.45, 2.75) is 39.2 Å². The molecule has 1 aromatic carbocycles. The number of carbonyl (C=O) groups is 1. The van der Waals surface area contributed by atoms with E-state index < -0.39 is 6.36 Å². The molecule has 28 heavy (non-hydrogen) atoms. The van der Waals surface area contributed by atoms with Gasteiger partial charge in [0.2, 0.25) is 5.91 Å². The number of fused-ring (bicyclic) bond motifs is 1. The molecule has 2 unspecified atom stereocenters. The molecule has 1 aliphatic heterocycles. The molecule has 1 saturated carbocycles. The summed E-state index contributed by atoms with van der Waals surface area (Å²) < 4.78 is 40.8. The predicted molar refractivity (Wildman–Crippen MR) is 99.6 cm³/mol. The third-order valence-electron chi connectivity index (χ3n) is 5.17. The van der Waals surface area contributed by atoms with Gasteiger partial charge in [-0.15, -0.1) is 13.2 Å². The summed E-state index contributed by atoms with van der Waals surface area (Å²) in [6, 6.07) is 6.04. The molecule has 3 rings (SSSR count). The van der Waals surface area contributed by atoms with Crippen molar-refractivity contribution in [2.24, 2.45) is 17.8 Å². The molecule has 0 aromatic heterocycles. The summed E-state index contributed by atoms with van der Waals surface area (Å²) in [5, 5.41) is 6.32. The van der Waals surface area contributed by atoms with Crippen molar-refractivity contribution in [2.75, 3.05) is 26.2 Å². The average Bonchev–Trinajstić information content (AvgIpc) is 2.96. The van der Waals surface area contributed by atoms with E-state index in [1.807, 2.05) is 20.8 Å². The molecule has 2 fully saturated rings. The van der Waals surface area contributed by atoms with Gasteiger partial charge in [-0.1, -0.05) is 12.1 Å². The largest absolute Gasteiger partial charge is 0.573 e. The molecule has 1 heterocycles. The van der Waals surface area contributed by atoms with Gasteiger partial charge in [0.05, 0.1) is 6.54 Å². The van der Waals surface area contributed by atoms with Gasteiger partial charge in [0.1, 0.15) is 5.75 Å². The van der Waals surface area contributed by atoms with E-state index in [4.69, 9.17) is 0 Å². The Morgan fingerprint density at radius 3 is 2.50 bits per heavy atom. The number of hydrogen-bond donors (Lipinski definition) is 2. The summed E-state index contributed by atoms with van der Waals surface area (Å²) in [6.07, 6.45) is -4.67. The number of likely N-dealkylation sites (tertiary alicyclic amines) is 1. The standard InChI is InChI=1S/C20H28F3N3O2/c1-19(2,3)25-18(27)12-26-10-16-15(17(16)11-26)9-24-8-13-5-4-6-14(7-13)28-20(21,22)23/h4-7,15-17,24H,8-12H2,1-3H3,(H,25,27). The molecule has 1 aliphatic carbocycles. The summed E-state index contributed by atoms with van der Waals surface area (Å²) in [7, 11) is 0. The first-order valence-corrected chi connectivity index (χ1v) is 9.59. The van der Waals surface area contributed by atoms with Gasteiger partial charge in [-0.2, -0.15) is 0 Å². The van der Waals surface area contributed by atoms with Crippen molar-refractivity contribution in [3.8, 4) is 5.75 Å². The van der Waals surface area contributed by atoms with Crippen molar-refractivity contribution >= 4 is 5.91 Å². The summed E-state index contributed by atoms with van der Waals surface area (Å²) in [6.45, 7) is 9.56. The molecule has 1 aromatic rings. The number of carbonyl (C=O) groups excluding carboxylic acids is 1. The molecule has 0 radical (unpaired) electrons. The molecular formula is C20H28F3N3O2. The SMILES string of the molecule is CC(C)(C)NC(=O)CN1CC2C(CNCc3cccc(OC(F)(F)F)c3)C2C1. The Morgan fingerprint density at radius 2 is 1.89 bits per heavy atom. The van der Waals surface area contributed by atoms with Gasteiger partial charge in [-0.05, 0) is 62.8 Å².